The lowest BCUT2D eigenvalue weighted by molar-refractivity contribution is -0.870. The first-order valence-corrected chi connectivity index (χ1v) is 32.4. The zero-order chi connectivity index (χ0) is 57.0. The first kappa shape index (κ1) is 74.2. The number of hydrogen-bond acceptors (Lipinski definition) is 8. The number of carbonyl (C=O) groups is 2. The molecule has 0 bridgehead atoms. The fourth-order valence-corrected chi connectivity index (χ4v) is 8.68. The van der Waals surface area contributed by atoms with Crippen LogP contribution in [-0.2, 0) is 32.7 Å². The van der Waals surface area contributed by atoms with Gasteiger partial charge in [0.15, 0.2) is 6.10 Å². The molecule has 444 valence electrons. The number of quaternary nitrogens is 1. The van der Waals surface area contributed by atoms with Gasteiger partial charge in [-0.15, -0.1) is 0 Å². The monoisotopic (exact) mass is 1100 g/mol. The molecule has 0 rings (SSSR count). The Labute approximate surface area is 479 Å². The molecular formula is C68H114NO8P. The summed E-state index contributed by atoms with van der Waals surface area (Å²) in [4.78, 5) is 37.8. The van der Waals surface area contributed by atoms with Crippen molar-refractivity contribution in [2.75, 3.05) is 47.5 Å². The van der Waals surface area contributed by atoms with Crippen LogP contribution in [0.1, 0.15) is 232 Å². The molecule has 0 aromatic carbocycles. The van der Waals surface area contributed by atoms with Crippen LogP contribution in [-0.4, -0.2) is 70.0 Å². The van der Waals surface area contributed by atoms with Crippen molar-refractivity contribution in [3.8, 4) is 0 Å². The second-order valence-corrected chi connectivity index (χ2v) is 22.8. The lowest BCUT2D eigenvalue weighted by Gasteiger charge is -2.28. The molecule has 0 spiro atoms. The van der Waals surface area contributed by atoms with Crippen LogP contribution in [0.3, 0.4) is 0 Å². The van der Waals surface area contributed by atoms with E-state index in [1.165, 1.54) is 77.0 Å². The highest BCUT2D eigenvalue weighted by Crippen LogP contribution is 2.38. The van der Waals surface area contributed by atoms with Gasteiger partial charge in [0.25, 0.3) is 7.82 Å². The molecule has 0 aromatic heterocycles. The van der Waals surface area contributed by atoms with Crippen molar-refractivity contribution in [1.82, 2.24) is 0 Å². The normalized spacial score (nSPS) is 14.2. The van der Waals surface area contributed by atoms with E-state index in [9.17, 15) is 19.0 Å². The Morgan fingerprint density at radius 2 is 0.731 bits per heavy atom. The minimum Gasteiger partial charge on any atom is -0.756 e. The van der Waals surface area contributed by atoms with Gasteiger partial charge in [0.05, 0.1) is 27.7 Å². The van der Waals surface area contributed by atoms with E-state index < -0.39 is 32.5 Å². The van der Waals surface area contributed by atoms with Crippen molar-refractivity contribution >= 4 is 19.8 Å². The summed E-state index contributed by atoms with van der Waals surface area (Å²) < 4.78 is 34.1. The van der Waals surface area contributed by atoms with E-state index in [1.807, 2.05) is 21.1 Å². The number of nitrogens with zero attached hydrogens (tertiary/aromatic N) is 1. The Morgan fingerprint density at radius 1 is 0.410 bits per heavy atom. The Morgan fingerprint density at radius 3 is 1.09 bits per heavy atom. The highest BCUT2D eigenvalue weighted by Gasteiger charge is 2.22. The van der Waals surface area contributed by atoms with Gasteiger partial charge in [0.1, 0.15) is 19.8 Å². The van der Waals surface area contributed by atoms with E-state index in [1.54, 1.807) is 0 Å². The van der Waals surface area contributed by atoms with Gasteiger partial charge < -0.3 is 27.9 Å². The fraction of sp³-hybridized carbons (Fsp3) is 0.647. The van der Waals surface area contributed by atoms with Gasteiger partial charge >= 0.3 is 11.9 Å². The van der Waals surface area contributed by atoms with E-state index in [4.69, 9.17) is 18.5 Å². The summed E-state index contributed by atoms with van der Waals surface area (Å²) >= 11 is 0. The Bertz CT molecular complexity index is 1780. The Kier molecular flexibility index (Phi) is 55.0. The zero-order valence-corrected chi connectivity index (χ0v) is 51.2. The highest BCUT2D eigenvalue weighted by atomic mass is 31.2. The third-order valence-electron chi connectivity index (χ3n) is 12.7. The molecule has 0 fully saturated rings. The summed E-state index contributed by atoms with van der Waals surface area (Å²) in [6, 6.07) is 0. The molecule has 0 heterocycles. The van der Waals surface area contributed by atoms with Crippen LogP contribution < -0.4 is 4.89 Å². The quantitative estimate of drug-likeness (QED) is 0.0195. The third kappa shape index (κ3) is 61.4. The predicted molar refractivity (Wildman–Crippen MR) is 332 cm³/mol. The smallest absolute Gasteiger partial charge is 0.306 e. The van der Waals surface area contributed by atoms with Gasteiger partial charge in [-0.1, -0.05) is 257 Å². The number of allylic oxidation sites excluding steroid dienone is 22. The molecule has 10 heteroatoms. The van der Waals surface area contributed by atoms with Crippen LogP contribution in [0.2, 0.25) is 0 Å². The van der Waals surface area contributed by atoms with Crippen LogP contribution in [0.15, 0.2) is 134 Å². The lowest BCUT2D eigenvalue weighted by atomic mass is 10.0. The molecule has 0 saturated carbocycles. The molecule has 0 saturated heterocycles. The molecule has 0 radical (unpaired) electrons. The SMILES string of the molecule is CC/C=C\C/C=C\C/C=C\C/C=C\C/C=C\C/C=C\C/C=C\C/C=C\C/C=C\C/C=C\C/C=C\CCCCCCCC(=O)OC(COC(=O)CCCCCCCCCCCCCCCCC)COP(=O)([O-])OCC[N+](C)(C)C. The van der Waals surface area contributed by atoms with Crippen molar-refractivity contribution in [1.29, 1.82) is 0 Å². The maximum Gasteiger partial charge on any atom is 0.306 e. The summed E-state index contributed by atoms with van der Waals surface area (Å²) in [6.45, 7) is 4.09. The Hall–Kier alpha value is -3.85. The molecule has 0 amide bonds. The number of esters is 2. The molecule has 0 aliphatic carbocycles. The number of ether oxygens (including phenoxy) is 2. The van der Waals surface area contributed by atoms with Crippen molar-refractivity contribution < 1.29 is 42.1 Å². The average molecular weight is 1100 g/mol. The number of carbonyl (C=O) groups excluding carboxylic acids is 2. The molecule has 0 aliphatic heterocycles. The summed E-state index contributed by atoms with van der Waals surface area (Å²) in [5.41, 5.74) is 0. The van der Waals surface area contributed by atoms with E-state index >= 15 is 0 Å². The van der Waals surface area contributed by atoms with E-state index in [2.05, 4.69) is 148 Å². The summed E-state index contributed by atoms with van der Waals surface area (Å²) in [5.74, 6) is -0.859. The maximum atomic E-state index is 12.8. The second kappa shape index (κ2) is 57.8. The number of unbranched alkanes of at least 4 members (excludes halogenated alkanes) is 19. The Balaban J connectivity index is 4.17. The van der Waals surface area contributed by atoms with Gasteiger partial charge in [0.2, 0.25) is 0 Å². The first-order valence-electron chi connectivity index (χ1n) is 30.9. The van der Waals surface area contributed by atoms with Gasteiger partial charge in [-0.3, -0.25) is 14.2 Å². The minimum atomic E-state index is -4.65. The zero-order valence-electron chi connectivity index (χ0n) is 50.3. The third-order valence-corrected chi connectivity index (χ3v) is 13.6. The standard InChI is InChI=1S/C68H114NO8P/c1-6-8-10-12-14-16-18-20-22-23-24-25-26-27-28-29-30-31-32-33-34-35-36-37-38-39-40-41-42-43-44-45-47-49-51-53-55-57-59-61-68(71)77-66(65-76-78(72,73)75-63-62-69(3,4)5)64-74-67(70)60-58-56-54-52-50-48-46-21-19-17-15-13-11-9-7-2/h8,10,14,16,20,22,24-25,27-28,30-31,33-34,36-37,39-40,42-43,45,47,66H,6-7,9,11-13,15,17-19,21,23,26,29,32,35,38,41,44,46,48-65H2,1-5H3/b10-8-,16-14-,22-20-,25-24-,28-27-,31-30-,34-33-,37-36-,40-39-,43-42-,47-45-. The van der Waals surface area contributed by atoms with Crippen LogP contribution in [0.25, 0.3) is 0 Å². The van der Waals surface area contributed by atoms with Crippen LogP contribution >= 0.6 is 7.82 Å². The van der Waals surface area contributed by atoms with Crippen molar-refractivity contribution in [2.24, 2.45) is 0 Å². The van der Waals surface area contributed by atoms with E-state index in [0.717, 1.165) is 122 Å². The number of phosphoric acid groups is 1. The van der Waals surface area contributed by atoms with Crippen LogP contribution in [0.4, 0.5) is 0 Å². The largest absolute Gasteiger partial charge is 0.756 e. The van der Waals surface area contributed by atoms with Crippen molar-refractivity contribution in [2.45, 2.75) is 238 Å². The number of phosphoric ester groups is 1. The number of rotatable bonds is 55. The minimum absolute atomic E-state index is 0.0403. The van der Waals surface area contributed by atoms with E-state index in [-0.39, 0.29) is 26.1 Å². The van der Waals surface area contributed by atoms with Gasteiger partial charge in [-0.25, -0.2) is 0 Å². The van der Waals surface area contributed by atoms with E-state index in [0.29, 0.717) is 17.4 Å². The van der Waals surface area contributed by atoms with Crippen LogP contribution in [0, 0.1) is 0 Å². The van der Waals surface area contributed by atoms with Gasteiger partial charge in [0, 0.05) is 12.8 Å². The molecule has 2 unspecified atom stereocenters. The molecule has 78 heavy (non-hydrogen) atoms. The molecule has 0 N–H and O–H groups in total. The fourth-order valence-electron chi connectivity index (χ4n) is 7.95. The topological polar surface area (TPSA) is 111 Å². The molecule has 9 nitrogen and oxygen atoms in total. The second-order valence-electron chi connectivity index (χ2n) is 21.3. The summed E-state index contributed by atoms with van der Waals surface area (Å²) in [6.07, 6.45) is 83.6. The van der Waals surface area contributed by atoms with Crippen LogP contribution in [0.5, 0.6) is 0 Å². The molecular weight excluding hydrogens is 990 g/mol. The molecule has 0 aliphatic rings. The first-order chi connectivity index (χ1) is 38.0. The number of likely N-dealkylation sites (N-methyl/N-ethyl adjacent to an activating group) is 1. The summed E-state index contributed by atoms with van der Waals surface area (Å²) in [5, 5.41) is 0. The van der Waals surface area contributed by atoms with Crippen molar-refractivity contribution in [3.05, 3.63) is 134 Å². The van der Waals surface area contributed by atoms with Gasteiger partial charge in [-0.05, 0) is 96.3 Å². The average Bonchev–Trinajstić information content (AvgIpc) is 3.41. The van der Waals surface area contributed by atoms with Crippen molar-refractivity contribution in [3.63, 3.8) is 0 Å². The molecule has 0 aromatic rings. The molecule has 2 atom stereocenters. The highest BCUT2D eigenvalue weighted by molar-refractivity contribution is 7.45. The predicted octanol–water partition coefficient (Wildman–Crippen LogP) is 19.1. The lowest BCUT2D eigenvalue weighted by Crippen LogP contribution is -2.37. The maximum absolute atomic E-state index is 12.8. The van der Waals surface area contributed by atoms with Gasteiger partial charge in [-0.2, -0.15) is 0 Å². The number of hydrogen-bond donors (Lipinski definition) is 0. The summed E-state index contributed by atoms with van der Waals surface area (Å²) in [7, 11) is 1.14.